The molecule has 29 heavy (non-hydrogen) atoms. The van der Waals surface area contributed by atoms with Gasteiger partial charge in [0.1, 0.15) is 11.5 Å². The molecule has 0 atom stereocenters. The Hall–Kier alpha value is -3.38. The van der Waals surface area contributed by atoms with Crippen molar-refractivity contribution < 1.29 is 19.1 Å². The minimum atomic E-state index is -0.502. The first-order chi connectivity index (χ1) is 14.0. The predicted octanol–water partition coefficient (Wildman–Crippen LogP) is 4.84. The summed E-state index contributed by atoms with van der Waals surface area (Å²) in [6, 6.07) is 22.5. The third-order valence-electron chi connectivity index (χ3n) is 3.90. The third-order valence-corrected chi connectivity index (χ3v) is 5.11. The molecule has 0 aliphatic heterocycles. The van der Waals surface area contributed by atoms with E-state index >= 15 is 0 Å². The molecular formula is C23H19NO4S. The number of carbonyl (C=O) groups excluding carboxylic acids is 3. The molecular weight excluding hydrogens is 386 g/mol. The van der Waals surface area contributed by atoms with Crippen molar-refractivity contribution in [1.29, 1.82) is 0 Å². The lowest BCUT2D eigenvalue weighted by molar-refractivity contribution is -0.114. The second-order valence-electron chi connectivity index (χ2n) is 6.22. The highest BCUT2D eigenvalue weighted by molar-refractivity contribution is 8.00. The van der Waals surface area contributed by atoms with E-state index in [1.54, 1.807) is 66.7 Å². The number of anilines is 1. The molecule has 0 aliphatic rings. The van der Waals surface area contributed by atoms with E-state index in [-0.39, 0.29) is 11.7 Å². The molecule has 0 saturated heterocycles. The Morgan fingerprint density at radius 3 is 2.21 bits per heavy atom. The lowest BCUT2D eigenvalue weighted by atomic mass is 10.2. The summed E-state index contributed by atoms with van der Waals surface area (Å²) in [5.74, 6) is -0.0324. The largest absolute Gasteiger partial charge is 0.423 e. The van der Waals surface area contributed by atoms with Gasteiger partial charge in [-0.3, -0.25) is 9.59 Å². The average molecular weight is 405 g/mol. The molecule has 3 rings (SSSR count). The number of thioether (sulfide) groups is 1. The van der Waals surface area contributed by atoms with Gasteiger partial charge in [0.05, 0.1) is 11.3 Å². The number of ketones is 1. The van der Waals surface area contributed by atoms with Crippen molar-refractivity contribution in [3.8, 4) is 5.75 Å². The zero-order valence-corrected chi connectivity index (χ0v) is 16.6. The van der Waals surface area contributed by atoms with Crippen molar-refractivity contribution >= 4 is 35.1 Å². The number of hydrogen-bond acceptors (Lipinski definition) is 5. The molecule has 0 heterocycles. The van der Waals surface area contributed by atoms with E-state index in [4.69, 9.17) is 4.74 Å². The molecule has 3 aromatic carbocycles. The van der Waals surface area contributed by atoms with Gasteiger partial charge in [-0.15, -0.1) is 11.8 Å². The highest BCUT2D eigenvalue weighted by atomic mass is 32.2. The Bertz CT molecular complexity index is 1020. The van der Waals surface area contributed by atoms with Crippen LogP contribution in [0.5, 0.6) is 5.75 Å². The minimum Gasteiger partial charge on any atom is -0.423 e. The Labute approximate surface area is 173 Å². The average Bonchev–Trinajstić information content (AvgIpc) is 2.74. The zero-order chi connectivity index (χ0) is 20.6. The van der Waals surface area contributed by atoms with Crippen LogP contribution in [-0.2, 0) is 4.79 Å². The van der Waals surface area contributed by atoms with Crippen LogP contribution in [0.2, 0.25) is 0 Å². The lowest BCUT2D eigenvalue weighted by Gasteiger charge is -2.10. The third kappa shape index (κ3) is 5.80. The maximum absolute atomic E-state index is 12.5. The van der Waals surface area contributed by atoms with Crippen LogP contribution in [0.25, 0.3) is 0 Å². The van der Waals surface area contributed by atoms with Crippen molar-refractivity contribution in [1.82, 2.24) is 0 Å². The Balaban J connectivity index is 1.65. The van der Waals surface area contributed by atoms with Crippen molar-refractivity contribution in [3.63, 3.8) is 0 Å². The molecule has 1 N–H and O–H groups in total. The summed E-state index contributed by atoms with van der Waals surface area (Å²) in [5, 5.41) is 2.79. The molecule has 0 aliphatic carbocycles. The molecule has 0 fully saturated rings. The molecule has 0 radical (unpaired) electrons. The van der Waals surface area contributed by atoms with Crippen LogP contribution in [0.3, 0.4) is 0 Å². The van der Waals surface area contributed by atoms with Gasteiger partial charge in [-0.1, -0.05) is 30.3 Å². The van der Waals surface area contributed by atoms with Gasteiger partial charge in [0.2, 0.25) is 0 Å². The first-order valence-electron chi connectivity index (χ1n) is 8.93. The topological polar surface area (TPSA) is 72.5 Å². The summed E-state index contributed by atoms with van der Waals surface area (Å²) in [5.41, 5.74) is 1.55. The molecule has 1 amide bonds. The molecule has 6 heteroatoms. The van der Waals surface area contributed by atoms with Crippen LogP contribution in [0.1, 0.15) is 27.6 Å². The van der Waals surface area contributed by atoms with Gasteiger partial charge in [0, 0.05) is 16.1 Å². The van der Waals surface area contributed by atoms with Crippen LogP contribution in [-0.4, -0.2) is 23.4 Å². The summed E-state index contributed by atoms with van der Waals surface area (Å²) >= 11 is 1.30. The first kappa shape index (κ1) is 20.4. The monoisotopic (exact) mass is 405 g/mol. The Morgan fingerprint density at radius 2 is 1.52 bits per heavy atom. The lowest BCUT2D eigenvalue weighted by Crippen LogP contribution is -2.12. The Kier molecular flexibility index (Phi) is 6.81. The SMILES string of the molecule is CC(=O)CSc1ccccc1C(=O)Oc1ccc(NC(=O)c2ccccc2)cc1. The van der Waals surface area contributed by atoms with E-state index in [0.717, 1.165) is 0 Å². The number of carbonyl (C=O) groups is 3. The van der Waals surface area contributed by atoms with Crippen molar-refractivity contribution in [2.75, 3.05) is 11.1 Å². The molecule has 146 valence electrons. The van der Waals surface area contributed by atoms with Crippen molar-refractivity contribution in [2.24, 2.45) is 0 Å². The van der Waals surface area contributed by atoms with E-state index in [1.165, 1.54) is 18.7 Å². The molecule has 5 nitrogen and oxygen atoms in total. The van der Waals surface area contributed by atoms with Crippen LogP contribution >= 0.6 is 11.8 Å². The fraction of sp³-hybridized carbons (Fsp3) is 0.0870. The highest BCUT2D eigenvalue weighted by Crippen LogP contribution is 2.25. The van der Waals surface area contributed by atoms with Gasteiger partial charge in [-0.05, 0) is 55.5 Å². The summed E-state index contributed by atoms with van der Waals surface area (Å²) in [6.45, 7) is 1.51. The van der Waals surface area contributed by atoms with E-state index in [0.29, 0.717) is 33.2 Å². The minimum absolute atomic E-state index is 0.0336. The second kappa shape index (κ2) is 9.71. The maximum atomic E-state index is 12.5. The summed E-state index contributed by atoms with van der Waals surface area (Å²) in [4.78, 5) is 36.6. The van der Waals surface area contributed by atoms with Crippen LogP contribution in [0, 0.1) is 0 Å². The summed E-state index contributed by atoms with van der Waals surface area (Å²) in [7, 11) is 0. The number of amides is 1. The van der Waals surface area contributed by atoms with Crippen molar-refractivity contribution in [3.05, 3.63) is 90.0 Å². The van der Waals surface area contributed by atoms with Gasteiger partial charge in [0.15, 0.2) is 0 Å². The van der Waals surface area contributed by atoms with E-state index < -0.39 is 5.97 Å². The first-order valence-corrected chi connectivity index (χ1v) is 9.91. The second-order valence-corrected chi connectivity index (χ2v) is 7.24. The van der Waals surface area contributed by atoms with E-state index in [9.17, 15) is 14.4 Å². The quantitative estimate of drug-likeness (QED) is 0.346. The number of esters is 1. The number of benzene rings is 3. The summed E-state index contributed by atoms with van der Waals surface area (Å²) in [6.07, 6.45) is 0. The van der Waals surface area contributed by atoms with Gasteiger partial charge < -0.3 is 10.1 Å². The van der Waals surface area contributed by atoms with Gasteiger partial charge >= 0.3 is 5.97 Å². The van der Waals surface area contributed by atoms with Crippen molar-refractivity contribution in [2.45, 2.75) is 11.8 Å². The molecule has 0 spiro atoms. The van der Waals surface area contributed by atoms with E-state index in [2.05, 4.69) is 5.32 Å². The van der Waals surface area contributed by atoms with Crippen LogP contribution in [0.4, 0.5) is 5.69 Å². The van der Waals surface area contributed by atoms with Gasteiger partial charge in [0.25, 0.3) is 5.91 Å². The molecule has 3 aromatic rings. The standard InChI is InChI=1S/C23H19NO4S/c1-16(25)15-29-21-10-6-5-9-20(21)23(27)28-19-13-11-18(12-14-19)24-22(26)17-7-3-2-4-8-17/h2-14H,15H2,1H3,(H,24,26). The molecule has 0 unspecified atom stereocenters. The van der Waals surface area contributed by atoms with Crippen LogP contribution in [0.15, 0.2) is 83.8 Å². The van der Waals surface area contributed by atoms with Gasteiger partial charge in [-0.25, -0.2) is 4.79 Å². The predicted molar refractivity (Wildman–Crippen MR) is 114 cm³/mol. The Morgan fingerprint density at radius 1 is 0.862 bits per heavy atom. The van der Waals surface area contributed by atoms with Gasteiger partial charge in [-0.2, -0.15) is 0 Å². The smallest absolute Gasteiger partial charge is 0.344 e. The number of nitrogens with one attached hydrogen (secondary N) is 1. The highest BCUT2D eigenvalue weighted by Gasteiger charge is 2.14. The zero-order valence-electron chi connectivity index (χ0n) is 15.8. The maximum Gasteiger partial charge on any atom is 0.344 e. The normalized spacial score (nSPS) is 10.2. The number of hydrogen-bond donors (Lipinski definition) is 1. The van der Waals surface area contributed by atoms with E-state index in [1.807, 2.05) is 12.1 Å². The fourth-order valence-corrected chi connectivity index (χ4v) is 3.34. The molecule has 0 bridgehead atoms. The fourth-order valence-electron chi connectivity index (χ4n) is 2.50. The summed E-state index contributed by atoms with van der Waals surface area (Å²) < 4.78 is 5.44. The number of rotatable bonds is 7. The number of Topliss-reactive ketones (excluding diaryl/α,β-unsaturated/α-hetero) is 1. The molecule has 0 aromatic heterocycles. The number of ether oxygens (including phenoxy) is 1. The van der Waals surface area contributed by atoms with Crippen LogP contribution < -0.4 is 10.1 Å². The molecule has 0 saturated carbocycles.